The maximum Gasteiger partial charge on any atom is 0.238 e. The summed E-state index contributed by atoms with van der Waals surface area (Å²) in [6, 6.07) is 7.87. The molecule has 3 heteroatoms. The van der Waals surface area contributed by atoms with Gasteiger partial charge in [-0.3, -0.25) is 14.5 Å². The maximum absolute atomic E-state index is 12.9. The minimum absolute atomic E-state index is 0.0314. The van der Waals surface area contributed by atoms with Gasteiger partial charge in [-0.15, -0.1) is 0 Å². The summed E-state index contributed by atoms with van der Waals surface area (Å²) in [7, 11) is 0. The lowest BCUT2D eigenvalue weighted by Gasteiger charge is -2.37. The highest BCUT2D eigenvalue weighted by molar-refractivity contribution is 6.22. The van der Waals surface area contributed by atoms with Gasteiger partial charge in [0.1, 0.15) is 0 Å². The molecule has 1 aromatic carbocycles. The van der Waals surface area contributed by atoms with Crippen LogP contribution in [0.4, 0.5) is 5.69 Å². The summed E-state index contributed by atoms with van der Waals surface area (Å²) in [6.45, 7) is 2.10. The minimum atomic E-state index is -0.0999. The van der Waals surface area contributed by atoms with E-state index in [4.69, 9.17) is 0 Å². The van der Waals surface area contributed by atoms with Crippen LogP contribution < -0.4 is 4.90 Å². The van der Waals surface area contributed by atoms with Crippen LogP contribution in [0.1, 0.15) is 18.9 Å². The molecule has 3 nitrogen and oxygen atoms in total. The number of aryl methyl sites for hydroxylation is 1. The molecule has 1 aliphatic heterocycles. The number of amides is 2. The van der Waals surface area contributed by atoms with Gasteiger partial charge < -0.3 is 0 Å². The normalized spacial score (nSPS) is 40.9. The van der Waals surface area contributed by atoms with Gasteiger partial charge >= 0.3 is 0 Å². The van der Waals surface area contributed by atoms with Gasteiger partial charge in [0.25, 0.3) is 0 Å². The summed E-state index contributed by atoms with van der Waals surface area (Å²) in [5.74, 6) is 1.79. The molecule has 4 aliphatic carbocycles. The molecule has 2 bridgehead atoms. The average molecular weight is 293 g/mol. The van der Waals surface area contributed by atoms with Crippen LogP contribution in [-0.4, -0.2) is 11.8 Å². The molecule has 6 atom stereocenters. The number of hydrogen-bond acceptors (Lipinski definition) is 2. The first-order valence-electron chi connectivity index (χ1n) is 8.35. The Balaban J connectivity index is 1.54. The largest absolute Gasteiger partial charge is 0.274 e. The van der Waals surface area contributed by atoms with E-state index in [0.29, 0.717) is 23.7 Å². The number of anilines is 1. The Kier molecular flexibility index (Phi) is 2.35. The third-order valence-electron chi connectivity index (χ3n) is 6.27. The van der Waals surface area contributed by atoms with Gasteiger partial charge in [-0.1, -0.05) is 31.2 Å². The number of carbonyl (C=O) groups is 2. The van der Waals surface area contributed by atoms with Crippen molar-refractivity contribution in [3.05, 3.63) is 42.0 Å². The predicted molar refractivity (Wildman–Crippen MR) is 83.0 cm³/mol. The fourth-order valence-corrected chi connectivity index (χ4v) is 5.09. The van der Waals surface area contributed by atoms with Gasteiger partial charge in [0, 0.05) is 0 Å². The number of nitrogens with zero attached hydrogens (tertiary/aromatic N) is 1. The SMILES string of the molecule is CCc1ccc(N2C(=O)[C@@H]3[C@H]4C=C[C@@H]([C@@H]5C[C@@H]45)[C@H]3C2=O)cc1. The molecule has 2 saturated carbocycles. The van der Waals surface area contributed by atoms with E-state index in [9.17, 15) is 9.59 Å². The lowest BCUT2D eigenvalue weighted by molar-refractivity contribution is -0.124. The van der Waals surface area contributed by atoms with Crippen LogP contribution in [0.3, 0.4) is 0 Å². The summed E-state index contributed by atoms with van der Waals surface area (Å²) >= 11 is 0. The molecule has 5 aliphatic rings. The van der Waals surface area contributed by atoms with Gasteiger partial charge in [0.2, 0.25) is 11.8 Å². The Hall–Kier alpha value is -1.90. The average Bonchev–Trinajstić information content (AvgIpc) is 3.32. The standard InChI is InChI=1S/C19H19NO2/c1-2-10-3-5-11(6-4-10)20-18(21)16-12-7-8-13(15-9-14(12)15)17(16)19(20)22/h3-8,12-17H,2,9H2,1H3/t12-,13-,14-,15-,16+,17+/m0/s1. The second kappa shape index (κ2) is 4.09. The van der Waals surface area contributed by atoms with Gasteiger partial charge in [-0.25, -0.2) is 0 Å². The molecule has 1 aromatic rings. The first kappa shape index (κ1) is 12.6. The summed E-state index contributed by atoms with van der Waals surface area (Å²) < 4.78 is 0. The van der Waals surface area contributed by atoms with E-state index >= 15 is 0 Å². The molecule has 22 heavy (non-hydrogen) atoms. The second-order valence-corrected chi connectivity index (χ2v) is 7.19. The molecule has 1 saturated heterocycles. The zero-order valence-electron chi connectivity index (χ0n) is 12.6. The van der Waals surface area contributed by atoms with Crippen LogP contribution in [0.15, 0.2) is 36.4 Å². The maximum atomic E-state index is 12.9. The monoisotopic (exact) mass is 293 g/mol. The first-order valence-corrected chi connectivity index (χ1v) is 8.35. The van der Waals surface area contributed by atoms with Crippen LogP contribution >= 0.6 is 0 Å². The predicted octanol–water partition coefficient (Wildman–Crippen LogP) is 2.81. The van der Waals surface area contributed by atoms with Crippen LogP contribution in [-0.2, 0) is 16.0 Å². The van der Waals surface area contributed by atoms with Crippen molar-refractivity contribution in [3.8, 4) is 0 Å². The number of benzene rings is 1. The van der Waals surface area contributed by atoms with Crippen molar-refractivity contribution in [2.75, 3.05) is 4.90 Å². The van der Waals surface area contributed by atoms with E-state index in [1.165, 1.54) is 16.9 Å². The zero-order valence-corrected chi connectivity index (χ0v) is 12.6. The molecule has 0 spiro atoms. The quantitative estimate of drug-likeness (QED) is 0.621. The molecule has 0 aromatic heterocycles. The first-order chi connectivity index (χ1) is 10.7. The number of carbonyl (C=O) groups excluding carboxylic acids is 2. The summed E-state index contributed by atoms with van der Waals surface area (Å²) in [5, 5.41) is 0. The molecule has 3 fully saturated rings. The van der Waals surface area contributed by atoms with Crippen molar-refractivity contribution in [3.63, 3.8) is 0 Å². The molecular formula is C19H19NO2. The van der Waals surface area contributed by atoms with Crippen molar-refractivity contribution in [1.29, 1.82) is 0 Å². The van der Waals surface area contributed by atoms with Crippen molar-refractivity contribution in [2.45, 2.75) is 19.8 Å². The smallest absolute Gasteiger partial charge is 0.238 e. The number of rotatable bonds is 2. The number of imide groups is 1. The Labute approximate surface area is 130 Å². The molecule has 0 unspecified atom stereocenters. The highest BCUT2D eigenvalue weighted by Crippen LogP contribution is 2.65. The summed E-state index contributed by atoms with van der Waals surface area (Å²) in [6.07, 6.45) is 6.61. The van der Waals surface area contributed by atoms with Gasteiger partial charge in [0.15, 0.2) is 0 Å². The molecule has 0 radical (unpaired) electrons. The van der Waals surface area contributed by atoms with Crippen LogP contribution in [0.2, 0.25) is 0 Å². The van der Waals surface area contributed by atoms with E-state index in [1.807, 2.05) is 24.3 Å². The highest BCUT2D eigenvalue weighted by atomic mass is 16.2. The van der Waals surface area contributed by atoms with E-state index in [-0.39, 0.29) is 23.7 Å². The third kappa shape index (κ3) is 1.42. The van der Waals surface area contributed by atoms with E-state index in [0.717, 1.165) is 12.1 Å². The Bertz CT molecular complexity index is 669. The van der Waals surface area contributed by atoms with E-state index in [2.05, 4.69) is 19.1 Å². The van der Waals surface area contributed by atoms with Crippen LogP contribution in [0.25, 0.3) is 0 Å². The van der Waals surface area contributed by atoms with Gasteiger partial charge in [0.05, 0.1) is 17.5 Å². The second-order valence-electron chi connectivity index (χ2n) is 7.19. The van der Waals surface area contributed by atoms with Crippen molar-refractivity contribution in [1.82, 2.24) is 0 Å². The van der Waals surface area contributed by atoms with Gasteiger partial charge in [-0.2, -0.15) is 0 Å². The lowest BCUT2D eigenvalue weighted by atomic mass is 9.63. The summed E-state index contributed by atoms with van der Waals surface area (Å²) in [4.78, 5) is 27.3. The van der Waals surface area contributed by atoms with E-state index < -0.39 is 0 Å². The van der Waals surface area contributed by atoms with E-state index in [1.54, 1.807) is 0 Å². The Morgan fingerprint density at radius 3 is 2.00 bits per heavy atom. The van der Waals surface area contributed by atoms with Crippen molar-refractivity contribution in [2.24, 2.45) is 35.5 Å². The topological polar surface area (TPSA) is 37.4 Å². The lowest BCUT2D eigenvalue weighted by Crippen LogP contribution is -2.40. The molecule has 1 heterocycles. The Morgan fingerprint density at radius 2 is 1.50 bits per heavy atom. The zero-order chi connectivity index (χ0) is 15.0. The fraction of sp³-hybridized carbons (Fsp3) is 0.474. The fourth-order valence-electron chi connectivity index (χ4n) is 5.09. The molecule has 112 valence electrons. The van der Waals surface area contributed by atoms with Crippen LogP contribution in [0, 0.1) is 35.5 Å². The summed E-state index contributed by atoms with van der Waals surface area (Å²) in [5.41, 5.74) is 1.97. The minimum Gasteiger partial charge on any atom is -0.274 e. The van der Waals surface area contributed by atoms with Crippen molar-refractivity contribution >= 4 is 17.5 Å². The van der Waals surface area contributed by atoms with Crippen molar-refractivity contribution < 1.29 is 9.59 Å². The molecule has 2 amide bonds. The Morgan fingerprint density at radius 1 is 0.955 bits per heavy atom. The third-order valence-corrected chi connectivity index (χ3v) is 6.27. The number of hydrogen-bond donors (Lipinski definition) is 0. The number of allylic oxidation sites excluding steroid dienone is 2. The molecule has 6 rings (SSSR count). The van der Waals surface area contributed by atoms with Gasteiger partial charge in [-0.05, 0) is 54.2 Å². The molecular weight excluding hydrogens is 274 g/mol. The molecule has 0 N–H and O–H groups in total. The van der Waals surface area contributed by atoms with Crippen LogP contribution in [0.5, 0.6) is 0 Å². The highest BCUT2D eigenvalue weighted by Gasteiger charge is 2.67.